The molecule has 0 radical (unpaired) electrons. The molecule has 0 spiro atoms. The summed E-state index contributed by atoms with van der Waals surface area (Å²) in [5.74, 6) is 1.88. The molecule has 0 saturated heterocycles. The number of thioether (sulfide) groups is 1. The van der Waals surface area contributed by atoms with Crippen LogP contribution in [0.1, 0.15) is 32.6 Å². The van der Waals surface area contributed by atoms with Crippen LogP contribution >= 0.6 is 11.8 Å². The van der Waals surface area contributed by atoms with Crippen molar-refractivity contribution in [2.24, 2.45) is 24.8 Å². The van der Waals surface area contributed by atoms with Crippen molar-refractivity contribution in [3.05, 3.63) is 0 Å². The van der Waals surface area contributed by atoms with Crippen LogP contribution < -0.4 is 10.6 Å². The lowest BCUT2D eigenvalue weighted by molar-refractivity contribution is -0.117. The van der Waals surface area contributed by atoms with Gasteiger partial charge in [-0.25, -0.2) is 9.48 Å². The Morgan fingerprint density at radius 2 is 2.22 bits per heavy atom. The second kappa shape index (κ2) is 6.86. The normalized spacial score (nSPS) is 27.0. The molecule has 0 unspecified atom stereocenters. The van der Waals surface area contributed by atoms with Crippen molar-refractivity contribution in [1.82, 2.24) is 30.8 Å². The molecular formula is C14H22N6O2S. The van der Waals surface area contributed by atoms with E-state index in [1.54, 1.807) is 7.05 Å². The molecule has 23 heavy (non-hydrogen) atoms. The molecule has 9 heteroatoms. The van der Waals surface area contributed by atoms with Crippen molar-refractivity contribution in [3.63, 3.8) is 0 Å². The van der Waals surface area contributed by atoms with Crippen LogP contribution in [-0.2, 0) is 11.8 Å². The standard InChI is InChI=1S/C14H22N6O2S/c1-8(11-6-9-3-4-10(11)5-9)15-13(22)16-12(21)7-23-14-17-18-19-20(14)2/h8-11H,3-7H2,1-2H3,(H2,15,16,21,22)/t8-,9+,10+,11-/m1/s1. The lowest BCUT2D eigenvalue weighted by atomic mass is 9.84. The molecule has 2 bridgehead atoms. The number of amides is 3. The number of aryl methyl sites for hydroxylation is 1. The summed E-state index contributed by atoms with van der Waals surface area (Å²) in [7, 11) is 1.70. The Hall–Kier alpha value is -1.64. The third kappa shape index (κ3) is 3.82. The van der Waals surface area contributed by atoms with E-state index in [2.05, 4.69) is 26.2 Å². The highest BCUT2D eigenvalue weighted by atomic mass is 32.2. The van der Waals surface area contributed by atoms with Gasteiger partial charge in [-0.1, -0.05) is 18.2 Å². The van der Waals surface area contributed by atoms with Crippen LogP contribution in [0, 0.1) is 17.8 Å². The molecule has 1 heterocycles. The summed E-state index contributed by atoms with van der Waals surface area (Å²) >= 11 is 1.19. The van der Waals surface area contributed by atoms with Gasteiger partial charge < -0.3 is 5.32 Å². The van der Waals surface area contributed by atoms with Gasteiger partial charge in [-0.15, -0.1) is 5.10 Å². The first-order valence-corrected chi connectivity index (χ1v) is 8.97. The molecule has 4 atom stereocenters. The second-order valence-electron chi connectivity index (χ2n) is 6.52. The van der Waals surface area contributed by atoms with E-state index in [0.717, 1.165) is 11.8 Å². The van der Waals surface area contributed by atoms with Gasteiger partial charge in [-0.3, -0.25) is 10.1 Å². The Kier molecular flexibility index (Phi) is 4.84. The SMILES string of the molecule is C[C@@H](NC(=O)NC(=O)CSc1nnnn1C)[C@H]1C[C@H]2CC[C@H]1C2. The molecule has 2 aliphatic carbocycles. The van der Waals surface area contributed by atoms with E-state index in [4.69, 9.17) is 0 Å². The fourth-order valence-electron chi connectivity index (χ4n) is 3.89. The minimum Gasteiger partial charge on any atom is -0.335 e. The van der Waals surface area contributed by atoms with Crippen LogP contribution in [0.3, 0.4) is 0 Å². The van der Waals surface area contributed by atoms with Gasteiger partial charge in [0.2, 0.25) is 11.1 Å². The van der Waals surface area contributed by atoms with Crippen LogP contribution in [0.25, 0.3) is 0 Å². The fraction of sp³-hybridized carbons (Fsp3) is 0.786. The lowest BCUT2D eigenvalue weighted by Gasteiger charge is -2.28. The average Bonchev–Trinajstić information content (AvgIpc) is 3.21. The van der Waals surface area contributed by atoms with Crippen LogP contribution in [-0.4, -0.2) is 43.9 Å². The minimum absolute atomic E-state index is 0.101. The van der Waals surface area contributed by atoms with Crippen LogP contribution in [0.2, 0.25) is 0 Å². The summed E-state index contributed by atoms with van der Waals surface area (Å²) in [4.78, 5) is 23.8. The lowest BCUT2D eigenvalue weighted by Crippen LogP contribution is -2.47. The molecule has 8 nitrogen and oxygen atoms in total. The molecule has 3 amide bonds. The van der Waals surface area contributed by atoms with E-state index in [0.29, 0.717) is 11.1 Å². The van der Waals surface area contributed by atoms with Crippen molar-refractivity contribution in [2.75, 3.05) is 5.75 Å². The first-order valence-electron chi connectivity index (χ1n) is 7.98. The van der Waals surface area contributed by atoms with Gasteiger partial charge in [-0.2, -0.15) is 0 Å². The topological polar surface area (TPSA) is 102 Å². The third-order valence-electron chi connectivity index (χ3n) is 4.96. The molecule has 3 rings (SSSR count). The number of carbonyl (C=O) groups excluding carboxylic acids is 2. The fourth-order valence-corrected chi connectivity index (χ4v) is 4.54. The predicted octanol–water partition coefficient (Wildman–Crippen LogP) is 0.953. The van der Waals surface area contributed by atoms with Crippen LogP contribution in [0.4, 0.5) is 4.79 Å². The maximum Gasteiger partial charge on any atom is 0.321 e. The number of urea groups is 1. The summed E-state index contributed by atoms with van der Waals surface area (Å²) in [6, 6.07) is -0.310. The zero-order valence-electron chi connectivity index (χ0n) is 13.4. The zero-order chi connectivity index (χ0) is 16.4. The highest BCUT2D eigenvalue weighted by Gasteiger charge is 2.42. The van der Waals surface area contributed by atoms with Gasteiger partial charge in [0.15, 0.2) is 0 Å². The van der Waals surface area contributed by atoms with Crippen molar-refractivity contribution in [2.45, 2.75) is 43.8 Å². The average molecular weight is 338 g/mol. The second-order valence-corrected chi connectivity index (χ2v) is 7.47. The van der Waals surface area contributed by atoms with Crippen LogP contribution in [0.15, 0.2) is 5.16 Å². The Morgan fingerprint density at radius 3 is 2.83 bits per heavy atom. The van der Waals surface area contributed by atoms with Crippen molar-refractivity contribution >= 4 is 23.7 Å². The quantitative estimate of drug-likeness (QED) is 0.775. The van der Waals surface area contributed by atoms with Crippen LogP contribution in [0.5, 0.6) is 0 Å². The van der Waals surface area contributed by atoms with E-state index in [-0.39, 0.29) is 17.7 Å². The van der Waals surface area contributed by atoms with Crippen molar-refractivity contribution in [3.8, 4) is 0 Å². The molecule has 0 aliphatic heterocycles. The number of carbonyl (C=O) groups is 2. The highest BCUT2D eigenvalue weighted by molar-refractivity contribution is 7.99. The maximum absolute atomic E-state index is 12.0. The molecule has 1 aromatic heterocycles. The number of nitrogens with one attached hydrogen (secondary N) is 2. The van der Waals surface area contributed by atoms with E-state index in [1.807, 2.05) is 6.92 Å². The van der Waals surface area contributed by atoms with Gasteiger partial charge in [0, 0.05) is 13.1 Å². The van der Waals surface area contributed by atoms with Gasteiger partial charge in [0.05, 0.1) is 5.75 Å². The Morgan fingerprint density at radius 1 is 1.39 bits per heavy atom. The van der Waals surface area contributed by atoms with Gasteiger partial charge in [0.1, 0.15) is 0 Å². The molecule has 0 aromatic carbocycles. The molecule has 2 N–H and O–H groups in total. The Balaban J connectivity index is 1.40. The van der Waals surface area contributed by atoms with Gasteiger partial charge in [-0.05, 0) is 54.4 Å². The number of nitrogens with zero attached hydrogens (tertiary/aromatic N) is 4. The highest BCUT2D eigenvalue weighted by Crippen LogP contribution is 2.49. The molecule has 2 saturated carbocycles. The minimum atomic E-state index is -0.415. The summed E-state index contributed by atoms with van der Waals surface area (Å²) < 4.78 is 1.48. The Bertz CT molecular complexity index is 592. The third-order valence-corrected chi connectivity index (χ3v) is 5.97. The van der Waals surface area contributed by atoms with Gasteiger partial charge in [0.25, 0.3) is 0 Å². The number of imide groups is 1. The van der Waals surface area contributed by atoms with Crippen molar-refractivity contribution < 1.29 is 9.59 Å². The number of aromatic nitrogens is 4. The monoisotopic (exact) mass is 338 g/mol. The summed E-state index contributed by atoms with van der Waals surface area (Å²) in [5.41, 5.74) is 0. The van der Waals surface area contributed by atoms with Gasteiger partial charge >= 0.3 is 6.03 Å². The summed E-state index contributed by atoms with van der Waals surface area (Å²) in [6.07, 6.45) is 5.13. The largest absolute Gasteiger partial charge is 0.335 e. The molecule has 2 aliphatic rings. The predicted molar refractivity (Wildman–Crippen MR) is 84.6 cm³/mol. The van der Waals surface area contributed by atoms with E-state index >= 15 is 0 Å². The zero-order valence-corrected chi connectivity index (χ0v) is 14.2. The number of tetrazole rings is 1. The number of fused-ring (bicyclic) bond motifs is 2. The maximum atomic E-state index is 12.0. The molecule has 1 aromatic rings. The van der Waals surface area contributed by atoms with Crippen molar-refractivity contribution in [1.29, 1.82) is 0 Å². The molecule has 126 valence electrons. The number of hydrogen-bond donors (Lipinski definition) is 2. The van der Waals surface area contributed by atoms with E-state index < -0.39 is 6.03 Å². The summed E-state index contributed by atoms with van der Waals surface area (Å²) in [5, 5.41) is 16.8. The smallest absolute Gasteiger partial charge is 0.321 e. The molecular weight excluding hydrogens is 316 g/mol. The Labute approximate surface area is 139 Å². The first kappa shape index (κ1) is 16.2. The summed E-state index contributed by atoms with van der Waals surface area (Å²) in [6.45, 7) is 2.04. The first-order chi connectivity index (χ1) is 11.0. The number of hydrogen-bond acceptors (Lipinski definition) is 6. The molecule has 2 fully saturated rings. The van der Waals surface area contributed by atoms with E-state index in [1.165, 1.54) is 42.1 Å². The van der Waals surface area contributed by atoms with E-state index in [9.17, 15) is 9.59 Å². The number of rotatable bonds is 5.